The average Bonchev–Trinajstić information content (AvgIpc) is 2.49. The summed E-state index contributed by atoms with van der Waals surface area (Å²) >= 11 is 0. The van der Waals surface area contributed by atoms with Crippen LogP contribution in [0.25, 0.3) is 0 Å². The summed E-state index contributed by atoms with van der Waals surface area (Å²) in [4.78, 5) is 0. The highest BCUT2D eigenvalue weighted by molar-refractivity contribution is 5.07. The highest BCUT2D eigenvalue weighted by atomic mass is 14.6. The predicted octanol–water partition coefficient (Wildman–Crippen LogP) is 6.88. The lowest BCUT2D eigenvalue weighted by Gasteiger charge is -2.63. The molecule has 3 fully saturated rings. The fraction of sp³-hybridized carbons (Fsp3) is 1.00. The van der Waals surface area contributed by atoms with E-state index in [0.717, 1.165) is 0 Å². The van der Waals surface area contributed by atoms with E-state index in [1.54, 1.807) is 12.8 Å². The Bertz CT molecular complexity index is 283. The number of rotatable bonds is 2. The van der Waals surface area contributed by atoms with Gasteiger partial charge in [0.15, 0.2) is 0 Å². The molecule has 0 N–H and O–H groups in total. The maximum atomic E-state index is 2.71. The Labute approximate surface area is 127 Å². The van der Waals surface area contributed by atoms with Crippen molar-refractivity contribution in [3.63, 3.8) is 0 Å². The molecule has 0 radical (unpaired) electrons. The largest absolute Gasteiger partial charge is 0.0591 e. The highest BCUT2D eigenvalue weighted by Crippen LogP contribution is 2.67. The van der Waals surface area contributed by atoms with E-state index in [0.29, 0.717) is 16.2 Å². The van der Waals surface area contributed by atoms with Crippen LogP contribution in [0, 0.1) is 16.2 Å². The molecule has 0 amide bonds. The van der Waals surface area contributed by atoms with Crippen molar-refractivity contribution in [1.82, 2.24) is 0 Å². The normalized spacial score (nSPS) is 32.7. The lowest BCUT2D eigenvalue weighted by atomic mass is 9.42. The zero-order valence-electron chi connectivity index (χ0n) is 14.1. The Kier molecular flexibility index (Phi) is 4.22. The van der Waals surface area contributed by atoms with Crippen LogP contribution >= 0.6 is 0 Å². The van der Waals surface area contributed by atoms with Gasteiger partial charge in [-0.05, 0) is 54.8 Å². The van der Waals surface area contributed by atoms with Gasteiger partial charge in [0.2, 0.25) is 0 Å². The third-order valence-corrected chi connectivity index (χ3v) is 7.93. The van der Waals surface area contributed by atoms with Crippen LogP contribution in [0.3, 0.4) is 0 Å². The minimum atomic E-state index is 0.664. The molecule has 116 valence electrons. The summed E-state index contributed by atoms with van der Waals surface area (Å²) in [7, 11) is 0. The molecule has 0 aliphatic heterocycles. The van der Waals surface area contributed by atoms with Crippen LogP contribution in [-0.2, 0) is 0 Å². The molecule has 0 bridgehead atoms. The highest BCUT2D eigenvalue weighted by Gasteiger charge is 2.57. The average molecular weight is 277 g/mol. The lowest BCUT2D eigenvalue weighted by molar-refractivity contribution is -0.132. The van der Waals surface area contributed by atoms with Crippen molar-refractivity contribution in [2.24, 2.45) is 16.2 Å². The minimum absolute atomic E-state index is 0.664. The van der Waals surface area contributed by atoms with E-state index in [-0.39, 0.29) is 0 Å². The first-order valence-corrected chi connectivity index (χ1v) is 9.62. The Morgan fingerprint density at radius 2 is 0.700 bits per heavy atom. The van der Waals surface area contributed by atoms with Gasteiger partial charge in [-0.15, -0.1) is 0 Å². The van der Waals surface area contributed by atoms with Crippen molar-refractivity contribution in [2.75, 3.05) is 0 Å². The van der Waals surface area contributed by atoms with Crippen molar-refractivity contribution < 1.29 is 0 Å². The zero-order valence-corrected chi connectivity index (χ0v) is 14.1. The van der Waals surface area contributed by atoms with Gasteiger partial charge in [-0.25, -0.2) is 0 Å². The molecule has 0 aromatic rings. The molecule has 0 saturated heterocycles. The monoisotopic (exact) mass is 276 g/mol. The molecular weight excluding hydrogens is 240 g/mol. The van der Waals surface area contributed by atoms with Gasteiger partial charge in [-0.3, -0.25) is 0 Å². The molecular formula is C20H36. The maximum Gasteiger partial charge on any atom is -0.0190 e. The maximum absolute atomic E-state index is 2.71. The van der Waals surface area contributed by atoms with E-state index in [2.05, 4.69) is 13.8 Å². The Hall–Kier alpha value is 0. The molecule has 0 aromatic heterocycles. The molecule has 0 heterocycles. The van der Waals surface area contributed by atoms with Gasteiger partial charge in [0.05, 0.1) is 0 Å². The van der Waals surface area contributed by atoms with Crippen molar-refractivity contribution in [1.29, 1.82) is 0 Å². The first-order chi connectivity index (χ1) is 9.62. The van der Waals surface area contributed by atoms with Gasteiger partial charge in [0.1, 0.15) is 0 Å². The van der Waals surface area contributed by atoms with Crippen LogP contribution in [0.2, 0.25) is 0 Å². The third kappa shape index (κ3) is 2.26. The minimum Gasteiger partial charge on any atom is -0.0591 e. The first-order valence-electron chi connectivity index (χ1n) is 9.62. The fourth-order valence-electron chi connectivity index (χ4n) is 6.71. The summed E-state index contributed by atoms with van der Waals surface area (Å²) in [6.45, 7) is 5.41. The molecule has 0 nitrogen and oxygen atoms in total. The predicted molar refractivity (Wildman–Crippen MR) is 87.9 cm³/mol. The van der Waals surface area contributed by atoms with Crippen molar-refractivity contribution >= 4 is 0 Å². The lowest BCUT2D eigenvalue weighted by Crippen LogP contribution is -2.54. The standard InChI is InChI=1S/C20H36/c1-18(12-6-3-7-13-18)20(16-10-5-11-17-20)19(2)14-8-4-9-15-19/h3-17H2,1-2H3. The molecule has 3 rings (SSSR count). The quantitative estimate of drug-likeness (QED) is 0.516. The van der Waals surface area contributed by atoms with Gasteiger partial charge < -0.3 is 0 Å². The molecule has 3 aliphatic carbocycles. The van der Waals surface area contributed by atoms with Gasteiger partial charge in [-0.1, -0.05) is 71.6 Å². The Morgan fingerprint density at radius 1 is 0.400 bits per heavy atom. The second-order valence-electron chi connectivity index (χ2n) is 8.89. The smallest absolute Gasteiger partial charge is 0.0190 e. The van der Waals surface area contributed by atoms with Crippen LogP contribution in [0.1, 0.15) is 110 Å². The van der Waals surface area contributed by atoms with Crippen LogP contribution < -0.4 is 0 Å². The zero-order chi connectivity index (χ0) is 14.1. The first kappa shape index (κ1) is 14.9. The molecule has 3 saturated carbocycles. The van der Waals surface area contributed by atoms with Crippen molar-refractivity contribution in [3.8, 4) is 0 Å². The molecule has 20 heavy (non-hydrogen) atoms. The van der Waals surface area contributed by atoms with Crippen LogP contribution in [0.5, 0.6) is 0 Å². The molecule has 0 unspecified atom stereocenters. The SMILES string of the molecule is CC1(C2(C3(C)CCCCC3)CCCCC2)CCCCC1. The molecule has 0 spiro atoms. The van der Waals surface area contributed by atoms with E-state index >= 15 is 0 Å². The van der Waals surface area contributed by atoms with Crippen molar-refractivity contribution in [2.45, 2.75) is 110 Å². The van der Waals surface area contributed by atoms with Gasteiger partial charge in [0, 0.05) is 0 Å². The van der Waals surface area contributed by atoms with E-state index in [1.165, 1.54) is 83.5 Å². The van der Waals surface area contributed by atoms with Crippen LogP contribution in [0.4, 0.5) is 0 Å². The van der Waals surface area contributed by atoms with Gasteiger partial charge >= 0.3 is 0 Å². The van der Waals surface area contributed by atoms with E-state index in [9.17, 15) is 0 Å². The third-order valence-electron chi connectivity index (χ3n) is 7.93. The summed E-state index contributed by atoms with van der Waals surface area (Å²) in [5.74, 6) is 0. The summed E-state index contributed by atoms with van der Waals surface area (Å²) in [6, 6.07) is 0. The Balaban J connectivity index is 1.94. The number of hydrogen-bond acceptors (Lipinski definition) is 0. The van der Waals surface area contributed by atoms with E-state index < -0.39 is 0 Å². The van der Waals surface area contributed by atoms with Gasteiger partial charge in [-0.2, -0.15) is 0 Å². The molecule has 0 atom stereocenters. The number of hydrogen-bond donors (Lipinski definition) is 0. The summed E-state index contributed by atoms with van der Waals surface area (Å²) < 4.78 is 0. The van der Waals surface area contributed by atoms with Crippen LogP contribution in [0.15, 0.2) is 0 Å². The van der Waals surface area contributed by atoms with Crippen molar-refractivity contribution in [3.05, 3.63) is 0 Å². The second kappa shape index (κ2) is 5.65. The fourth-order valence-corrected chi connectivity index (χ4v) is 6.71. The Morgan fingerprint density at radius 3 is 1.05 bits per heavy atom. The van der Waals surface area contributed by atoms with Gasteiger partial charge in [0.25, 0.3) is 0 Å². The van der Waals surface area contributed by atoms with E-state index in [4.69, 9.17) is 0 Å². The molecule has 0 aromatic carbocycles. The molecule has 0 heteroatoms. The topological polar surface area (TPSA) is 0 Å². The van der Waals surface area contributed by atoms with Crippen LogP contribution in [-0.4, -0.2) is 0 Å². The summed E-state index contributed by atoms with van der Waals surface area (Å²) in [5, 5.41) is 0. The van der Waals surface area contributed by atoms with E-state index in [1.807, 2.05) is 0 Å². The summed E-state index contributed by atoms with van der Waals surface area (Å²) in [5.41, 5.74) is 2.02. The summed E-state index contributed by atoms with van der Waals surface area (Å²) in [6.07, 6.45) is 22.8. The molecule has 3 aliphatic rings. The second-order valence-corrected chi connectivity index (χ2v) is 8.89.